The van der Waals surface area contributed by atoms with Gasteiger partial charge in [-0.1, -0.05) is 50.2 Å². The molecule has 1 aromatic heterocycles. The molecule has 3 rings (SSSR count). The molecule has 2 aromatic carbocycles. The fourth-order valence-electron chi connectivity index (χ4n) is 2.92. The maximum absolute atomic E-state index is 13.7. The Labute approximate surface area is 169 Å². The summed E-state index contributed by atoms with van der Waals surface area (Å²) in [5.41, 5.74) is 2.52. The average molecular weight is 391 g/mol. The van der Waals surface area contributed by atoms with Crippen molar-refractivity contribution in [2.75, 3.05) is 5.32 Å². The summed E-state index contributed by atoms with van der Waals surface area (Å²) in [4.78, 5) is 29.1. The van der Waals surface area contributed by atoms with E-state index in [0.717, 1.165) is 5.56 Å². The molecule has 1 heterocycles. The number of nitrogens with one attached hydrogen (secondary N) is 2. The smallest absolute Gasteiger partial charge is 0.274 e. The highest BCUT2D eigenvalue weighted by Gasteiger charge is 2.14. The van der Waals surface area contributed by atoms with Gasteiger partial charge in [0.25, 0.3) is 11.8 Å². The fraction of sp³-hybridized carbons (Fsp3) is 0.174. The molecule has 0 fully saturated rings. The molecule has 0 atom stereocenters. The van der Waals surface area contributed by atoms with Crippen LogP contribution in [0.5, 0.6) is 0 Å². The van der Waals surface area contributed by atoms with Gasteiger partial charge in [0.2, 0.25) is 0 Å². The zero-order chi connectivity index (χ0) is 20.8. The molecule has 6 heteroatoms. The predicted octanol–water partition coefficient (Wildman–Crippen LogP) is 4.53. The zero-order valence-corrected chi connectivity index (χ0v) is 16.3. The number of anilines is 1. The minimum Gasteiger partial charge on any atom is -0.348 e. The molecule has 0 spiro atoms. The van der Waals surface area contributed by atoms with E-state index >= 15 is 0 Å². The molecule has 0 unspecified atom stereocenters. The average Bonchev–Trinajstić information content (AvgIpc) is 2.73. The summed E-state index contributed by atoms with van der Waals surface area (Å²) in [6.07, 6.45) is 1.40. The molecular weight excluding hydrogens is 369 g/mol. The molecule has 0 saturated carbocycles. The number of carbonyl (C=O) groups excluding carboxylic acids is 2. The number of benzene rings is 2. The third kappa shape index (κ3) is 5.04. The second kappa shape index (κ2) is 9.10. The van der Waals surface area contributed by atoms with Crippen molar-refractivity contribution in [3.8, 4) is 0 Å². The highest BCUT2D eigenvalue weighted by Crippen LogP contribution is 2.24. The number of hydrogen-bond donors (Lipinski definition) is 2. The molecular formula is C23H22FN3O2. The fourth-order valence-corrected chi connectivity index (χ4v) is 2.92. The summed E-state index contributed by atoms with van der Waals surface area (Å²) in [5, 5.41) is 5.51. The molecule has 0 aliphatic heterocycles. The van der Waals surface area contributed by atoms with Gasteiger partial charge in [-0.3, -0.25) is 14.6 Å². The third-order valence-corrected chi connectivity index (χ3v) is 4.48. The highest BCUT2D eigenvalue weighted by atomic mass is 19.1. The number of hydrogen-bond acceptors (Lipinski definition) is 3. The minimum absolute atomic E-state index is 0.0527. The molecule has 5 nitrogen and oxygen atoms in total. The van der Waals surface area contributed by atoms with Crippen LogP contribution in [0.3, 0.4) is 0 Å². The first kappa shape index (κ1) is 20.2. The lowest BCUT2D eigenvalue weighted by Crippen LogP contribution is -2.24. The first-order valence-corrected chi connectivity index (χ1v) is 9.33. The molecule has 29 heavy (non-hydrogen) atoms. The van der Waals surface area contributed by atoms with E-state index in [-0.39, 0.29) is 29.5 Å². The van der Waals surface area contributed by atoms with Crippen molar-refractivity contribution < 1.29 is 14.0 Å². The Morgan fingerprint density at radius 2 is 1.72 bits per heavy atom. The van der Waals surface area contributed by atoms with Crippen LogP contribution in [0.25, 0.3) is 0 Å². The van der Waals surface area contributed by atoms with E-state index in [2.05, 4.69) is 15.6 Å². The molecule has 0 aliphatic rings. The second-order valence-electron chi connectivity index (χ2n) is 6.90. The molecule has 0 aliphatic carbocycles. The number of amides is 2. The number of carbonyl (C=O) groups is 2. The maximum Gasteiger partial charge on any atom is 0.274 e. The van der Waals surface area contributed by atoms with Gasteiger partial charge in [0, 0.05) is 29.6 Å². The van der Waals surface area contributed by atoms with E-state index in [1.165, 1.54) is 24.4 Å². The van der Waals surface area contributed by atoms with Crippen LogP contribution in [0.2, 0.25) is 0 Å². The van der Waals surface area contributed by atoms with E-state index in [0.29, 0.717) is 11.3 Å². The molecule has 0 saturated heterocycles. The summed E-state index contributed by atoms with van der Waals surface area (Å²) >= 11 is 0. The van der Waals surface area contributed by atoms with Crippen LogP contribution in [0.4, 0.5) is 10.1 Å². The van der Waals surface area contributed by atoms with E-state index in [9.17, 15) is 14.0 Å². The van der Waals surface area contributed by atoms with Crippen molar-refractivity contribution in [2.24, 2.45) is 0 Å². The SMILES string of the molecule is CC(C)c1ccccc1NC(=O)c1cc(C(=O)NCc2ccccc2F)ccn1. The van der Waals surface area contributed by atoms with Gasteiger partial charge in [-0.25, -0.2) is 4.39 Å². The normalized spacial score (nSPS) is 10.6. The summed E-state index contributed by atoms with van der Waals surface area (Å²) in [6, 6.07) is 16.7. The molecule has 2 amide bonds. The van der Waals surface area contributed by atoms with Crippen molar-refractivity contribution in [3.05, 3.63) is 95.1 Å². The number of para-hydroxylation sites is 1. The van der Waals surface area contributed by atoms with Crippen LogP contribution in [0.1, 0.15) is 51.7 Å². The number of halogens is 1. The topological polar surface area (TPSA) is 71.1 Å². The Bertz CT molecular complexity index is 1030. The van der Waals surface area contributed by atoms with E-state index in [1.54, 1.807) is 18.2 Å². The summed E-state index contributed by atoms with van der Waals surface area (Å²) in [5.74, 6) is -0.949. The molecule has 0 radical (unpaired) electrons. The lowest BCUT2D eigenvalue weighted by atomic mass is 10.0. The zero-order valence-electron chi connectivity index (χ0n) is 16.3. The van der Waals surface area contributed by atoms with Crippen molar-refractivity contribution in [3.63, 3.8) is 0 Å². The molecule has 148 valence electrons. The van der Waals surface area contributed by atoms with Gasteiger partial charge in [0.05, 0.1) is 0 Å². The monoisotopic (exact) mass is 391 g/mol. The molecule has 0 bridgehead atoms. The first-order chi connectivity index (χ1) is 14.0. The van der Waals surface area contributed by atoms with Crippen LogP contribution in [-0.4, -0.2) is 16.8 Å². The van der Waals surface area contributed by atoms with Crippen LogP contribution in [0, 0.1) is 5.82 Å². The first-order valence-electron chi connectivity index (χ1n) is 9.33. The molecule has 2 N–H and O–H groups in total. The summed E-state index contributed by atoms with van der Waals surface area (Å²) in [6.45, 7) is 4.14. The summed E-state index contributed by atoms with van der Waals surface area (Å²) < 4.78 is 13.7. The Hall–Kier alpha value is -3.54. The number of pyridine rings is 1. The van der Waals surface area contributed by atoms with Crippen LogP contribution < -0.4 is 10.6 Å². The lowest BCUT2D eigenvalue weighted by molar-refractivity contribution is 0.0950. The quantitative estimate of drug-likeness (QED) is 0.649. The Kier molecular flexibility index (Phi) is 6.34. The van der Waals surface area contributed by atoms with Gasteiger partial charge in [-0.05, 0) is 35.7 Å². The maximum atomic E-state index is 13.7. The van der Waals surface area contributed by atoms with Crippen molar-refractivity contribution >= 4 is 17.5 Å². The van der Waals surface area contributed by atoms with Gasteiger partial charge in [0.15, 0.2) is 0 Å². The highest BCUT2D eigenvalue weighted by molar-refractivity contribution is 6.05. The van der Waals surface area contributed by atoms with Crippen LogP contribution in [-0.2, 0) is 6.54 Å². The van der Waals surface area contributed by atoms with E-state index in [1.807, 2.05) is 38.1 Å². The van der Waals surface area contributed by atoms with Gasteiger partial charge in [-0.15, -0.1) is 0 Å². The van der Waals surface area contributed by atoms with Crippen molar-refractivity contribution in [2.45, 2.75) is 26.3 Å². The predicted molar refractivity (Wildman–Crippen MR) is 110 cm³/mol. The van der Waals surface area contributed by atoms with Gasteiger partial charge in [0.1, 0.15) is 11.5 Å². The number of rotatable bonds is 6. The number of aromatic nitrogens is 1. The van der Waals surface area contributed by atoms with E-state index in [4.69, 9.17) is 0 Å². The standard InChI is InChI=1S/C23H22FN3O2/c1-15(2)18-8-4-6-10-20(18)27-23(29)21-13-16(11-12-25-21)22(28)26-14-17-7-3-5-9-19(17)24/h3-13,15H,14H2,1-2H3,(H,26,28)(H,27,29). The van der Waals surface area contributed by atoms with Crippen LogP contribution >= 0.6 is 0 Å². The largest absolute Gasteiger partial charge is 0.348 e. The van der Waals surface area contributed by atoms with E-state index < -0.39 is 11.8 Å². The molecule has 3 aromatic rings. The van der Waals surface area contributed by atoms with Crippen LogP contribution in [0.15, 0.2) is 66.9 Å². The van der Waals surface area contributed by atoms with Crippen molar-refractivity contribution in [1.82, 2.24) is 10.3 Å². The Morgan fingerprint density at radius 3 is 2.48 bits per heavy atom. The Morgan fingerprint density at radius 1 is 1.00 bits per heavy atom. The Balaban J connectivity index is 1.71. The summed E-state index contributed by atoms with van der Waals surface area (Å²) in [7, 11) is 0. The third-order valence-electron chi connectivity index (χ3n) is 4.48. The number of nitrogens with zero attached hydrogens (tertiary/aromatic N) is 1. The van der Waals surface area contributed by atoms with Gasteiger partial charge in [-0.2, -0.15) is 0 Å². The van der Waals surface area contributed by atoms with Gasteiger partial charge >= 0.3 is 0 Å². The lowest BCUT2D eigenvalue weighted by Gasteiger charge is -2.13. The minimum atomic E-state index is -0.410. The van der Waals surface area contributed by atoms with Gasteiger partial charge < -0.3 is 10.6 Å². The van der Waals surface area contributed by atoms with Crippen molar-refractivity contribution in [1.29, 1.82) is 0 Å². The second-order valence-corrected chi connectivity index (χ2v) is 6.90.